The molecule has 3 heterocycles. The number of rotatable bonds is 5. The third-order valence-corrected chi connectivity index (χ3v) is 4.87. The number of benzene rings is 1. The highest BCUT2D eigenvalue weighted by Crippen LogP contribution is 2.14. The van der Waals surface area contributed by atoms with E-state index < -0.39 is 11.2 Å². The third kappa shape index (κ3) is 3.62. The number of hydrogen-bond donors (Lipinski definition) is 1. The average Bonchev–Trinajstić information content (AvgIpc) is 3.07. The molecule has 152 valence electrons. The van der Waals surface area contributed by atoms with Crippen molar-refractivity contribution in [2.75, 3.05) is 5.43 Å². The van der Waals surface area contributed by atoms with Gasteiger partial charge in [-0.1, -0.05) is 29.8 Å². The average molecular weight is 424 g/mol. The van der Waals surface area contributed by atoms with Gasteiger partial charge in [0.15, 0.2) is 11.2 Å². The van der Waals surface area contributed by atoms with E-state index in [1.54, 1.807) is 49.1 Å². The number of nitrogens with one attached hydrogen (secondary N) is 1. The normalized spacial score (nSPS) is 11.4. The van der Waals surface area contributed by atoms with Gasteiger partial charge >= 0.3 is 5.69 Å². The Morgan fingerprint density at radius 2 is 1.97 bits per heavy atom. The van der Waals surface area contributed by atoms with Crippen LogP contribution in [0.3, 0.4) is 0 Å². The first-order valence-corrected chi connectivity index (χ1v) is 9.44. The molecule has 0 amide bonds. The summed E-state index contributed by atoms with van der Waals surface area (Å²) < 4.78 is 4.08. The largest absolute Gasteiger partial charge is 0.332 e. The second-order valence-electron chi connectivity index (χ2n) is 6.65. The van der Waals surface area contributed by atoms with Gasteiger partial charge in [-0.15, -0.1) is 0 Å². The fraction of sp³-hybridized carbons (Fsp3) is 0.150. The lowest BCUT2D eigenvalue weighted by atomic mass is 10.2. The maximum Gasteiger partial charge on any atom is 0.332 e. The van der Waals surface area contributed by atoms with Gasteiger partial charge < -0.3 is 4.57 Å². The number of aryl methyl sites for hydroxylation is 2. The second kappa shape index (κ2) is 7.96. The minimum atomic E-state index is -0.464. The van der Waals surface area contributed by atoms with E-state index in [0.29, 0.717) is 16.7 Å². The highest BCUT2D eigenvalue weighted by molar-refractivity contribution is 6.30. The van der Waals surface area contributed by atoms with Gasteiger partial charge in [0.1, 0.15) is 0 Å². The summed E-state index contributed by atoms with van der Waals surface area (Å²) in [6, 6.07) is 12.5. The molecule has 0 saturated heterocycles. The van der Waals surface area contributed by atoms with Crippen LogP contribution in [0.5, 0.6) is 0 Å². The van der Waals surface area contributed by atoms with Crippen LogP contribution in [0.4, 0.5) is 5.95 Å². The maximum atomic E-state index is 13.1. The van der Waals surface area contributed by atoms with Gasteiger partial charge in [-0.3, -0.25) is 18.9 Å². The summed E-state index contributed by atoms with van der Waals surface area (Å²) in [5, 5.41) is 4.66. The van der Waals surface area contributed by atoms with Crippen LogP contribution in [0, 0.1) is 0 Å². The van der Waals surface area contributed by atoms with Crippen LogP contribution in [-0.4, -0.2) is 29.9 Å². The molecule has 10 heteroatoms. The van der Waals surface area contributed by atoms with E-state index in [-0.39, 0.29) is 17.7 Å². The van der Waals surface area contributed by atoms with E-state index in [4.69, 9.17) is 11.6 Å². The van der Waals surface area contributed by atoms with Gasteiger partial charge in [-0.05, 0) is 29.8 Å². The van der Waals surface area contributed by atoms with Gasteiger partial charge in [0, 0.05) is 25.3 Å². The van der Waals surface area contributed by atoms with Crippen molar-refractivity contribution < 1.29 is 0 Å². The molecule has 0 fully saturated rings. The van der Waals surface area contributed by atoms with E-state index >= 15 is 0 Å². The molecule has 0 saturated carbocycles. The van der Waals surface area contributed by atoms with Crippen LogP contribution in [0.1, 0.15) is 11.3 Å². The van der Waals surface area contributed by atoms with Crippen LogP contribution >= 0.6 is 11.6 Å². The molecule has 0 atom stereocenters. The maximum absolute atomic E-state index is 13.1. The van der Waals surface area contributed by atoms with Crippen molar-refractivity contribution in [3.05, 3.63) is 85.8 Å². The van der Waals surface area contributed by atoms with E-state index in [0.717, 1.165) is 10.1 Å². The quantitative estimate of drug-likeness (QED) is 0.391. The topological polar surface area (TPSA) is 99.1 Å². The summed E-state index contributed by atoms with van der Waals surface area (Å²) >= 11 is 6.03. The first kappa shape index (κ1) is 19.6. The van der Waals surface area contributed by atoms with Gasteiger partial charge in [0.2, 0.25) is 5.95 Å². The standard InChI is InChI=1S/C20H18ClN7O2/c1-26-16-17(24-19(26)25-23-11-15-8-3-4-9-22-15)27(2)20(30)28(18(16)29)12-13-6-5-7-14(21)10-13/h3-11H,12H2,1-2H3,(H,24,25)/b23-11+. The number of pyridine rings is 1. The first-order valence-electron chi connectivity index (χ1n) is 9.06. The lowest BCUT2D eigenvalue weighted by Gasteiger charge is -2.09. The minimum absolute atomic E-state index is 0.105. The number of hydrazone groups is 1. The van der Waals surface area contributed by atoms with Crippen molar-refractivity contribution in [2.45, 2.75) is 6.54 Å². The van der Waals surface area contributed by atoms with E-state index in [1.165, 1.54) is 10.8 Å². The predicted molar refractivity (Wildman–Crippen MR) is 116 cm³/mol. The molecule has 0 bridgehead atoms. The molecule has 4 aromatic rings. The number of aromatic nitrogens is 5. The highest BCUT2D eigenvalue weighted by Gasteiger charge is 2.18. The highest BCUT2D eigenvalue weighted by atomic mass is 35.5. The van der Waals surface area contributed by atoms with Crippen molar-refractivity contribution in [1.29, 1.82) is 0 Å². The Morgan fingerprint density at radius 1 is 1.13 bits per heavy atom. The van der Waals surface area contributed by atoms with Crippen molar-refractivity contribution >= 4 is 34.9 Å². The van der Waals surface area contributed by atoms with Gasteiger partial charge in [-0.25, -0.2) is 10.2 Å². The number of anilines is 1. The zero-order valence-electron chi connectivity index (χ0n) is 16.3. The molecule has 0 radical (unpaired) electrons. The van der Waals surface area contributed by atoms with Crippen LogP contribution in [0.15, 0.2) is 63.4 Å². The summed E-state index contributed by atoms with van der Waals surface area (Å²) in [5.74, 6) is 0.324. The molecular weight excluding hydrogens is 406 g/mol. The molecule has 0 unspecified atom stereocenters. The monoisotopic (exact) mass is 423 g/mol. The summed E-state index contributed by atoms with van der Waals surface area (Å²) in [6.07, 6.45) is 3.20. The van der Waals surface area contributed by atoms with Crippen molar-refractivity contribution in [1.82, 2.24) is 23.7 Å². The summed E-state index contributed by atoms with van der Waals surface area (Å²) in [5.41, 5.74) is 3.87. The summed E-state index contributed by atoms with van der Waals surface area (Å²) in [6.45, 7) is 0.105. The zero-order chi connectivity index (χ0) is 21.3. The fourth-order valence-electron chi connectivity index (χ4n) is 3.11. The molecule has 0 aliphatic carbocycles. The molecule has 9 nitrogen and oxygen atoms in total. The number of hydrogen-bond acceptors (Lipinski definition) is 6. The fourth-order valence-corrected chi connectivity index (χ4v) is 3.32. The lowest BCUT2D eigenvalue weighted by molar-refractivity contribution is 0.655. The van der Waals surface area contributed by atoms with Crippen molar-refractivity contribution in [2.24, 2.45) is 19.2 Å². The Labute approximate surface area is 175 Å². The number of imidazole rings is 1. The Bertz CT molecular complexity index is 1370. The Morgan fingerprint density at radius 3 is 2.70 bits per heavy atom. The second-order valence-corrected chi connectivity index (χ2v) is 7.09. The minimum Gasteiger partial charge on any atom is -0.306 e. The number of halogens is 1. The number of fused-ring (bicyclic) bond motifs is 1. The third-order valence-electron chi connectivity index (χ3n) is 4.64. The predicted octanol–water partition coefficient (Wildman–Crippen LogP) is 1.98. The number of nitrogens with zero attached hydrogens (tertiary/aromatic N) is 6. The Kier molecular flexibility index (Phi) is 5.20. The molecular formula is C20H18ClN7O2. The van der Waals surface area contributed by atoms with Crippen molar-refractivity contribution in [3.63, 3.8) is 0 Å². The molecule has 4 rings (SSSR count). The van der Waals surface area contributed by atoms with E-state index in [2.05, 4.69) is 20.5 Å². The molecule has 0 aliphatic heterocycles. The SMILES string of the molecule is Cn1c(N/N=C/c2ccccn2)nc2c1c(=O)n(Cc1cccc(Cl)c1)c(=O)n2C. The van der Waals surface area contributed by atoms with Crippen LogP contribution in [0.25, 0.3) is 11.2 Å². The van der Waals surface area contributed by atoms with Crippen LogP contribution in [-0.2, 0) is 20.6 Å². The molecule has 0 aliphatic rings. The molecule has 1 N–H and O–H groups in total. The molecule has 3 aromatic heterocycles. The van der Waals surface area contributed by atoms with Gasteiger partial charge in [-0.2, -0.15) is 10.1 Å². The smallest absolute Gasteiger partial charge is 0.306 e. The van der Waals surface area contributed by atoms with Gasteiger partial charge in [0.25, 0.3) is 5.56 Å². The van der Waals surface area contributed by atoms with Crippen molar-refractivity contribution in [3.8, 4) is 0 Å². The van der Waals surface area contributed by atoms with E-state index in [9.17, 15) is 9.59 Å². The van der Waals surface area contributed by atoms with E-state index in [1.807, 2.05) is 18.2 Å². The summed E-state index contributed by atoms with van der Waals surface area (Å²) in [7, 11) is 3.26. The first-order chi connectivity index (χ1) is 14.5. The molecule has 30 heavy (non-hydrogen) atoms. The van der Waals surface area contributed by atoms with Gasteiger partial charge in [0.05, 0.1) is 18.5 Å². The zero-order valence-corrected chi connectivity index (χ0v) is 17.0. The van der Waals surface area contributed by atoms with Crippen LogP contribution in [0.2, 0.25) is 5.02 Å². The van der Waals surface area contributed by atoms with Crippen LogP contribution < -0.4 is 16.7 Å². The molecule has 1 aromatic carbocycles. The Balaban J connectivity index is 1.74. The Hall–Kier alpha value is -3.72. The molecule has 0 spiro atoms. The summed E-state index contributed by atoms with van der Waals surface area (Å²) in [4.78, 5) is 34.4. The lowest BCUT2D eigenvalue weighted by Crippen LogP contribution is -2.39.